The lowest BCUT2D eigenvalue weighted by Gasteiger charge is -2.33. The van der Waals surface area contributed by atoms with E-state index in [1.807, 2.05) is 10.8 Å². The van der Waals surface area contributed by atoms with Crippen LogP contribution in [0.1, 0.15) is 38.5 Å². The molecule has 0 aromatic carbocycles. The second-order valence-corrected chi connectivity index (χ2v) is 6.68. The highest BCUT2D eigenvalue weighted by Gasteiger charge is 2.24. The Morgan fingerprint density at radius 3 is 2.87 bits per heavy atom. The molecule has 0 bridgehead atoms. The Labute approximate surface area is 138 Å². The van der Waals surface area contributed by atoms with E-state index in [2.05, 4.69) is 15.2 Å². The highest BCUT2D eigenvalue weighted by atomic mass is 16.5. The largest absolute Gasteiger partial charge is 0.377 e. The minimum Gasteiger partial charge on any atom is -0.377 e. The lowest BCUT2D eigenvalue weighted by molar-refractivity contribution is -0.122. The van der Waals surface area contributed by atoms with Crippen molar-refractivity contribution in [2.45, 2.75) is 57.2 Å². The van der Waals surface area contributed by atoms with E-state index in [1.54, 1.807) is 12.5 Å². The van der Waals surface area contributed by atoms with Gasteiger partial charge < -0.3 is 19.5 Å². The molecule has 3 rings (SSSR count). The van der Waals surface area contributed by atoms with Gasteiger partial charge in [-0.25, -0.2) is 4.98 Å². The van der Waals surface area contributed by atoms with Crippen LogP contribution >= 0.6 is 0 Å². The Kier molecular flexibility index (Phi) is 6.05. The van der Waals surface area contributed by atoms with Gasteiger partial charge in [0.1, 0.15) is 0 Å². The summed E-state index contributed by atoms with van der Waals surface area (Å²) in [6.45, 7) is 4.98. The van der Waals surface area contributed by atoms with E-state index in [0.29, 0.717) is 18.6 Å². The lowest BCUT2D eigenvalue weighted by atomic mass is 10.0. The SMILES string of the molecule is O=C(CCCn1ccnc1)NC1CCN(C[C@@H]2CCCO2)CC1. The molecule has 2 aliphatic rings. The molecule has 1 amide bonds. The Bertz CT molecular complexity index is 463. The van der Waals surface area contributed by atoms with Crippen LogP contribution in [0.15, 0.2) is 18.7 Å². The number of piperidine rings is 1. The average Bonchev–Trinajstić information content (AvgIpc) is 3.23. The van der Waals surface area contributed by atoms with Crippen molar-refractivity contribution in [2.24, 2.45) is 0 Å². The number of aryl methyl sites for hydroxylation is 1. The molecule has 1 aromatic heterocycles. The van der Waals surface area contributed by atoms with Gasteiger partial charge in [-0.05, 0) is 32.1 Å². The minimum absolute atomic E-state index is 0.183. The topological polar surface area (TPSA) is 59.4 Å². The summed E-state index contributed by atoms with van der Waals surface area (Å²) in [5.41, 5.74) is 0. The summed E-state index contributed by atoms with van der Waals surface area (Å²) in [6, 6.07) is 0.344. The van der Waals surface area contributed by atoms with Gasteiger partial charge in [-0.2, -0.15) is 0 Å². The standard InChI is InChI=1S/C17H28N4O2/c22-17(4-1-8-21-11-7-18-14-21)19-15-5-9-20(10-6-15)13-16-3-2-12-23-16/h7,11,14-16H,1-6,8-10,12-13H2,(H,19,22)/t16-/m0/s1. The van der Waals surface area contributed by atoms with Crippen LogP contribution in [-0.4, -0.2) is 58.7 Å². The lowest BCUT2D eigenvalue weighted by Crippen LogP contribution is -2.46. The zero-order chi connectivity index (χ0) is 15.9. The molecule has 128 valence electrons. The highest BCUT2D eigenvalue weighted by Crippen LogP contribution is 2.17. The van der Waals surface area contributed by atoms with Crippen LogP contribution in [0.2, 0.25) is 0 Å². The van der Waals surface area contributed by atoms with E-state index in [-0.39, 0.29) is 5.91 Å². The van der Waals surface area contributed by atoms with Gasteiger partial charge in [0.05, 0.1) is 12.4 Å². The molecule has 0 aliphatic carbocycles. The number of rotatable bonds is 7. The number of likely N-dealkylation sites (tertiary alicyclic amines) is 1. The van der Waals surface area contributed by atoms with Crippen LogP contribution in [0.3, 0.4) is 0 Å². The maximum Gasteiger partial charge on any atom is 0.220 e. The van der Waals surface area contributed by atoms with Gasteiger partial charge in [-0.3, -0.25) is 4.79 Å². The van der Waals surface area contributed by atoms with Crippen molar-refractivity contribution in [1.82, 2.24) is 19.8 Å². The molecule has 2 saturated heterocycles. The number of aromatic nitrogens is 2. The first kappa shape index (κ1) is 16.5. The Morgan fingerprint density at radius 2 is 2.17 bits per heavy atom. The van der Waals surface area contributed by atoms with E-state index >= 15 is 0 Å². The van der Waals surface area contributed by atoms with E-state index in [9.17, 15) is 4.79 Å². The number of nitrogens with one attached hydrogen (secondary N) is 1. The number of hydrogen-bond donors (Lipinski definition) is 1. The average molecular weight is 320 g/mol. The van der Waals surface area contributed by atoms with Crippen molar-refractivity contribution >= 4 is 5.91 Å². The van der Waals surface area contributed by atoms with Gasteiger partial charge >= 0.3 is 0 Å². The van der Waals surface area contributed by atoms with Gasteiger partial charge in [0, 0.05) is 57.6 Å². The van der Waals surface area contributed by atoms with E-state index in [4.69, 9.17) is 4.74 Å². The summed E-state index contributed by atoms with van der Waals surface area (Å²) in [4.78, 5) is 18.5. The summed E-state index contributed by atoms with van der Waals surface area (Å²) in [5, 5.41) is 3.19. The van der Waals surface area contributed by atoms with Gasteiger partial charge in [-0.15, -0.1) is 0 Å². The molecule has 0 unspecified atom stereocenters. The number of carbonyl (C=O) groups is 1. The summed E-state index contributed by atoms with van der Waals surface area (Å²) in [7, 11) is 0. The quantitative estimate of drug-likeness (QED) is 0.825. The van der Waals surface area contributed by atoms with Crippen LogP contribution < -0.4 is 5.32 Å². The highest BCUT2D eigenvalue weighted by molar-refractivity contribution is 5.76. The summed E-state index contributed by atoms with van der Waals surface area (Å²) in [6.07, 6.45) is 11.9. The number of nitrogens with zero attached hydrogens (tertiary/aromatic N) is 3. The van der Waals surface area contributed by atoms with Crippen molar-refractivity contribution < 1.29 is 9.53 Å². The molecule has 0 radical (unpaired) electrons. The molecular weight excluding hydrogens is 292 g/mol. The molecule has 2 fully saturated rings. The predicted octanol–water partition coefficient (Wildman–Crippen LogP) is 1.42. The Balaban J connectivity index is 1.28. The number of hydrogen-bond acceptors (Lipinski definition) is 4. The third-order valence-corrected chi connectivity index (χ3v) is 4.82. The molecular formula is C17H28N4O2. The van der Waals surface area contributed by atoms with Crippen LogP contribution in [0.5, 0.6) is 0 Å². The number of amides is 1. The molecule has 6 heteroatoms. The fourth-order valence-electron chi connectivity index (χ4n) is 3.48. The Morgan fingerprint density at radius 1 is 1.30 bits per heavy atom. The van der Waals surface area contributed by atoms with Crippen molar-refractivity contribution in [3.8, 4) is 0 Å². The number of imidazole rings is 1. The van der Waals surface area contributed by atoms with Gasteiger partial charge in [0.2, 0.25) is 5.91 Å². The third-order valence-electron chi connectivity index (χ3n) is 4.82. The molecule has 3 heterocycles. The van der Waals surface area contributed by atoms with Crippen molar-refractivity contribution in [3.05, 3.63) is 18.7 Å². The van der Waals surface area contributed by atoms with Gasteiger partial charge in [0.25, 0.3) is 0 Å². The van der Waals surface area contributed by atoms with Gasteiger partial charge in [0.15, 0.2) is 0 Å². The van der Waals surface area contributed by atoms with E-state index in [1.165, 1.54) is 12.8 Å². The normalized spacial score (nSPS) is 23.2. The first-order valence-electron chi connectivity index (χ1n) is 8.88. The third kappa shape index (κ3) is 5.32. The maximum atomic E-state index is 12.0. The van der Waals surface area contributed by atoms with Crippen LogP contribution in [0.25, 0.3) is 0 Å². The zero-order valence-electron chi connectivity index (χ0n) is 13.8. The fourth-order valence-corrected chi connectivity index (χ4v) is 3.48. The molecule has 0 saturated carbocycles. The van der Waals surface area contributed by atoms with Crippen LogP contribution in [0.4, 0.5) is 0 Å². The zero-order valence-corrected chi connectivity index (χ0v) is 13.8. The molecule has 23 heavy (non-hydrogen) atoms. The predicted molar refractivity (Wildman–Crippen MR) is 88.0 cm³/mol. The maximum absolute atomic E-state index is 12.0. The molecule has 1 atom stereocenters. The van der Waals surface area contributed by atoms with E-state index < -0.39 is 0 Å². The summed E-state index contributed by atoms with van der Waals surface area (Å²) >= 11 is 0. The van der Waals surface area contributed by atoms with Crippen LogP contribution in [0, 0.1) is 0 Å². The van der Waals surface area contributed by atoms with E-state index in [0.717, 1.165) is 52.0 Å². The molecule has 2 aliphatic heterocycles. The fraction of sp³-hybridized carbons (Fsp3) is 0.765. The first-order chi connectivity index (χ1) is 11.3. The monoisotopic (exact) mass is 320 g/mol. The van der Waals surface area contributed by atoms with Crippen molar-refractivity contribution in [1.29, 1.82) is 0 Å². The summed E-state index contributed by atoms with van der Waals surface area (Å²) < 4.78 is 7.71. The second kappa shape index (κ2) is 8.45. The summed E-state index contributed by atoms with van der Waals surface area (Å²) in [5.74, 6) is 0.183. The second-order valence-electron chi connectivity index (χ2n) is 6.68. The van der Waals surface area contributed by atoms with Gasteiger partial charge in [-0.1, -0.05) is 0 Å². The van der Waals surface area contributed by atoms with Crippen molar-refractivity contribution in [3.63, 3.8) is 0 Å². The minimum atomic E-state index is 0.183. The molecule has 1 N–H and O–H groups in total. The van der Waals surface area contributed by atoms with Crippen LogP contribution in [-0.2, 0) is 16.1 Å². The smallest absolute Gasteiger partial charge is 0.220 e. The number of ether oxygens (including phenoxy) is 1. The first-order valence-corrected chi connectivity index (χ1v) is 8.88. The Hall–Kier alpha value is -1.40. The van der Waals surface area contributed by atoms with Crippen molar-refractivity contribution in [2.75, 3.05) is 26.2 Å². The molecule has 1 aromatic rings. The molecule has 0 spiro atoms. The number of carbonyl (C=O) groups excluding carboxylic acids is 1. The molecule has 6 nitrogen and oxygen atoms in total.